The number of aliphatic carboxylic acids is 1. The quantitative estimate of drug-likeness (QED) is 0.630. The number of carbonyl (C=O) groups is 2. The molecule has 0 heterocycles. The number of aromatic hydroxyl groups is 2. The van der Waals surface area contributed by atoms with Gasteiger partial charge in [0.2, 0.25) is 0 Å². The maximum Gasteiger partial charge on any atom is 0.326 e. The fourth-order valence-electron chi connectivity index (χ4n) is 1.76. The van der Waals surface area contributed by atoms with E-state index >= 15 is 0 Å². The van der Waals surface area contributed by atoms with Gasteiger partial charge in [0.1, 0.15) is 17.5 Å². The molecule has 1 atom stereocenters. The molecule has 1 fully saturated rings. The molecule has 6 heteroatoms. The van der Waals surface area contributed by atoms with Crippen molar-refractivity contribution >= 4 is 11.9 Å². The third-order valence-corrected chi connectivity index (χ3v) is 2.81. The molecule has 0 spiro atoms. The van der Waals surface area contributed by atoms with E-state index in [2.05, 4.69) is 5.32 Å². The number of hydrogen-bond donors (Lipinski definition) is 4. The molecular formula is C12H13NO5. The van der Waals surface area contributed by atoms with Gasteiger partial charge in [0, 0.05) is 11.6 Å². The number of nitrogens with one attached hydrogen (secondary N) is 1. The summed E-state index contributed by atoms with van der Waals surface area (Å²) in [6.45, 7) is 0. The molecule has 0 aromatic heterocycles. The van der Waals surface area contributed by atoms with Crippen LogP contribution in [0.25, 0.3) is 0 Å². The molecule has 18 heavy (non-hydrogen) atoms. The Hall–Kier alpha value is -2.24. The minimum atomic E-state index is -1.07. The van der Waals surface area contributed by atoms with Crippen LogP contribution in [-0.4, -0.2) is 33.2 Å². The Balaban J connectivity index is 2.13. The number of carboxylic acids is 1. The number of phenolic OH excluding ortho intramolecular Hbond substituents is 2. The lowest BCUT2D eigenvalue weighted by molar-refractivity contribution is -0.139. The van der Waals surface area contributed by atoms with Gasteiger partial charge in [-0.1, -0.05) is 0 Å². The van der Waals surface area contributed by atoms with Crippen LogP contribution in [0.15, 0.2) is 18.2 Å². The summed E-state index contributed by atoms with van der Waals surface area (Å²) in [6, 6.07) is 2.51. The standard InChI is InChI=1S/C12H13NO5/c14-8-3-7(4-9(15)5-8)11(16)13-10(12(17)18)6-1-2-6/h3-6,10,14-15H,1-2H2,(H,13,16)(H,17,18). The molecule has 0 aliphatic heterocycles. The van der Waals surface area contributed by atoms with Gasteiger partial charge in [-0.15, -0.1) is 0 Å². The van der Waals surface area contributed by atoms with Gasteiger partial charge in [0.15, 0.2) is 0 Å². The molecular weight excluding hydrogens is 238 g/mol. The molecule has 1 unspecified atom stereocenters. The van der Waals surface area contributed by atoms with E-state index < -0.39 is 17.9 Å². The van der Waals surface area contributed by atoms with Crippen molar-refractivity contribution in [1.82, 2.24) is 5.32 Å². The minimum absolute atomic E-state index is 0.0272. The molecule has 4 N–H and O–H groups in total. The van der Waals surface area contributed by atoms with E-state index in [0.29, 0.717) is 0 Å². The smallest absolute Gasteiger partial charge is 0.326 e. The number of amides is 1. The molecule has 1 aliphatic rings. The SMILES string of the molecule is O=C(NC(C(=O)O)C1CC1)c1cc(O)cc(O)c1. The van der Waals surface area contributed by atoms with Crippen molar-refractivity contribution in [3.8, 4) is 11.5 Å². The molecule has 1 aromatic carbocycles. The van der Waals surface area contributed by atoms with Crippen LogP contribution in [0.3, 0.4) is 0 Å². The highest BCUT2D eigenvalue weighted by molar-refractivity contribution is 5.97. The van der Waals surface area contributed by atoms with Gasteiger partial charge in [-0.3, -0.25) is 4.79 Å². The molecule has 1 saturated carbocycles. The second kappa shape index (κ2) is 4.56. The average molecular weight is 251 g/mol. The van der Waals surface area contributed by atoms with Crippen molar-refractivity contribution in [2.75, 3.05) is 0 Å². The largest absolute Gasteiger partial charge is 0.508 e. The summed E-state index contributed by atoms with van der Waals surface area (Å²) in [5, 5.41) is 29.9. The van der Waals surface area contributed by atoms with Gasteiger partial charge in [-0.25, -0.2) is 4.79 Å². The van der Waals surface area contributed by atoms with E-state index in [1.165, 1.54) is 12.1 Å². The lowest BCUT2D eigenvalue weighted by Gasteiger charge is -2.13. The number of benzene rings is 1. The van der Waals surface area contributed by atoms with Crippen molar-refractivity contribution < 1.29 is 24.9 Å². The maximum atomic E-state index is 11.8. The Bertz CT molecular complexity index is 475. The summed E-state index contributed by atoms with van der Waals surface area (Å²) in [6.07, 6.45) is 1.56. The molecule has 6 nitrogen and oxygen atoms in total. The maximum absolute atomic E-state index is 11.8. The Kier molecular flexibility index (Phi) is 3.10. The Labute approximate surface area is 103 Å². The first-order valence-corrected chi connectivity index (χ1v) is 5.54. The molecule has 0 radical (unpaired) electrons. The van der Waals surface area contributed by atoms with Crippen molar-refractivity contribution in [2.45, 2.75) is 18.9 Å². The van der Waals surface area contributed by atoms with Gasteiger partial charge in [-0.05, 0) is 30.9 Å². The van der Waals surface area contributed by atoms with Gasteiger partial charge in [-0.2, -0.15) is 0 Å². The lowest BCUT2D eigenvalue weighted by atomic mass is 10.1. The second-order valence-corrected chi connectivity index (χ2v) is 4.36. The molecule has 2 rings (SSSR count). The van der Waals surface area contributed by atoms with Crippen LogP contribution in [0.1, 0.15) is 23.2 Å². The van der Waals surface area contributed by atoms with E-state index in [4.69, 9.17) is 5.11 Å². The zero-order valence-corrected chi connectivity index (χ0v) is 9.46. The van der Waals surface area contributed by atoms with Gasteiger partial charge in [0.05, 0.1) is 0 Å². The molecule has 1 aliphatic carbocycles. The molecule has 96 valence electrons. The molecule has 1 amide bonds. The highest BCUT2D eigenvalue weighted by Crippen LogP contribution is 2.33. The van der Waals surface area contributed by atoms with E-state index in [1.54, 1.807) is 0 Å². The zero-order chi connectivity index (χ0) is 13.3. The summed E-state index contributed by atoms with van der Waals surface area (Å²) in [4.78, 5) is 22.8. The van der Waals surface area contributed by atoms with Crippen molar-refractivity contribution in [3.05, 3.63) is 23.8 Å². The number of carboxylic acid groups (broad SMARTS) is 1. The predicted octanol–water partition coefficient (Wildman–Crippen LogP) is 0.691. The normalized spacial score (nSPS) is 16.0. The molecule has 1 aromatic rings. The summed E-state index contributed by atoms with van der Waals surface area (Å²) >= 11 is 0. The number of phenols is 2. The molecule has 0 bridgehead atoms. The fraction of sp³-hybridized carbons (Fsp3) is 0.333. The van der Waals surface area contributed by atoms with Gasteiger partial charge < -0.3 is 20.6 Å². The monoisotopic (exact) mass is 251 g/mol. The number of carbonyl (C=O) groups excluding carboxylic acids is 1. The van der Waals surface area contributed by atoms with Crippen LogP contribution in [-0.2, 0) is 4.79 Å². The first-order chi connectivity index (χ1) is 8.47. The highest BCUT2D eigenvalue weighted by atomic mass is 16.4. The van der Waals surface area contributed by atoms with E-state index in [9.17, 15) is 19.8 Å². The lowest BCUT2D eigenvalue weighted by Crippen LogP contribution is -2.42. The van der Waals surface area contributed by atoms with Crippen molar-refractivity contribution in [3.63, 3.8) is 0 Å². The van der Waals surface area contributed by atoms with Gasteiger partial charge >= 0.3 is 5.97 Å². The number of hydrogen-bond acceptors (Lipinski definition) is 4. The Morgan fingerprint density at radius 1 is 1.17 bits per heavy atom. The topological polar surface area (TPSA) is 107 Å². The summed E-state index contributed by atoms with van der Waals surface area (Å²) in [5.74, 6) is -2.23. The van der Waals surface area contributed by atoms with Crippen molar-refractivity contribution in [2.24, 2.45) is 5.92 Å². The highest BCUT2D eigenvalue weighted by Gasteiger charge is 2.37. The summed E-state index contributed by atoms with van der Waals surface area (Å²) in [5.41, 5.74) is 0.0272. The Morgan fingerprint density at radius 2 is 1.72 bits per heavy atom. The number of rotatable bonds is 4. The summed E-state index contributed by atoms with van der Waals surface area (Å²) in [7, 11) is 0. The van der Waals surface area contributed by atoms with Crippen LogP contribution in [0, 0.1) is 5.92 Å². The van der Waals surface area contributed by atoms with Crippen LogP contribution < -0.4 is 5.32 Å². The van der Waals surface area contributed by atoms with E-state index in [-0.39, 0.29) is 23.0 Å². The Morgan fingerprint density at radius 3 is 2.17 bits per heavy atom. The second-order valence-electron chi connectivity index (χ2n) is 4.36. The third kappa shape index (κ3) is 2.71. The van der Waals surface area contributed by atoms with Crippen molar-refractivity contribution in [1.29, 1.82) is 0 Å². The van der Waals surface area contributed by atoms with Crippen LogP contribution in [0.2, 0.25) is 0 Å². The molecule has 0 saturated heterocycles. The predicted molar refractivity (Wildman–Crippen MR) is 61.4 cm³/mol. The zero-order valence-electron chi connectivity index (χ0n) is 9.46. The minimum Gasteiger partial charge on any atom is -0.508 e. The average Bonchev–Trinajstić information content (AvgIpc) is 3.07. The van der Waals surface area contributed by atoms with Crippen LogP contribution >= 0.6 is 0 Å². The van der Waals surface area contributed by atoms with E-state index in [0.717, 1.165) is 18.9 Å². The fourth-order valence-corrected chi connectivity index (χ4v) is 1.76. The van der Waals surface area contributed by atoms with Crippen LogP contribution in [0.5, 0.6) is 11.5 Å². The first-order valence-electron chi connectivity index (χ1n) is 5.54. The van der Waals surface area contributed by atoms with E-state index in [1.807, 2.05) is 0 Å². The van der Waals surface area contributed by atoms with Crippen LogP contribution in [0.4, 0.5) is 0 Å². The first kappa shape index (κ1) is 12.2. The van der Waals surface area contributed by atoms with Gasteiger partial charge in [0.25, 0.3) is 5.91 Å². The third-order valence-electron chi connectivity index (χ3n) is 2.81. The summed E-state index contributed by atoms with van der Waals surface area (Å²) < 4.78 is 0.